The highest BCUT2D eigenvalue weighted by Gasteiger charge is 2.29. The molecule has 0 spiro atoms. The highest BCUT2D eigenvalue weighted by molar-refractivity contribution is 9.10. The molecule has 1 aromatic carbocycles. The number of rotatable bonds is 2. The molecule has 1 saturated carbocycles. The minimum atomic E-state index is -0.877. The van der Waals surface area contributed by atoms with Gasteiger partial charge in [0.2, 0.25) is 0 Å². The maximum atomic E-state index is 13.5. The largest absolute Gasteiger partial charge is 0.349 e. The first-order valence-electron chi connectivity index (χ1n) is 5.18. The normalized spacial score (nSPS) is 23.1. The number of halogens is 3. The summed E-state index contributed by atoms with van der Waals surface area (Å²) in [7, 11) is 0. The summed E-state index contributed by atoms with van der Waals surface area (Å²) in [5.74, 6) is -2.49. The number of carbonyl (C=O) groups is 1. The molecule has 1 fully saturated rings. The van der Waals surface area contributed by atoms with Gasteiger partial charge in [-0.3, -0.25) is 4.79 Å². The van der Waals surface area contributed by atoms with Crippen molar-refractivity contribution in [3.05, 3.63) is 33.8 Å². The van der Waals surface area contributed by atoms with Gasteiger partial charge in [-0.05, 0) is 25.0 Å². The van der Waals surface area contributed by atoms with Crippen LogP contribution < -0.4 is 11.1 Å². The highest BCUT2D eigenvalue weighted by Crippen LogP contribution is 2.22. The molecule has 1 aliphatic rings. The highest BCUT2D eigenvalue weighted by atomic mass is 79.9. The van der Waals surface area contributed by atoms with Crippen molar-refractivity contribution in [3.63, 3.8) is 0 Å². The third-order valence-corrected chi connectivity index (χ3v) is 3.20. The lowest BCUT2D eigenvalue weighted by atomic mass is 9.87. The molecule has 0 radical (unpaired) electrons. The van der Waals surface area contributed by atoms with Crippen molar-refractivity contribution in [1.29, 1.82) is 0 Å². The van der Waals surface area contributed by atoms with Gasteiger partial charge in [0.15, 0.2) is 0 Å². The summed E-state index contributed by atoms with van der Waals surface area (Å²) < 4.78 is 27.2. The monoisotopic (exact) mass is 304 g/mol. The molecule has 0 saturated heterocycles. The van der Waals surface area contributed by atoms with Crippen molar-refractivity contribution < 1.29 is 13.6 Å². The molecule has 0 aromatic heterocycles. The summed E-state index contributed by atoms with van der Waals surface area (Å²) in [6.45, 7) is 0. The maximum absolute atomic E-state index is 13.5. The Balaban J connectivity index is 2.14. The minimum Gasteiger partial charge on any atom is -0.349 e. The number of benzene rings is 1. The van der Waals surface area contributed by atoms with Crippen LogP contribution in [-0.2, 0) is 0 Å². The molecule has 2 rings (SSSR count). The molecule has 0 bridgehead atoms. The second-order valence-electron chi connectivity index (χ2n) is 4.15. The van der Waals surface area contributed by atoms with Crippen LogP contribution in [0.5, 0.6) is 0 Å². The number of hydrogen-bond acceptors (Lipinski definition) is 2. The van der Waals surface area contributed by atoms with Gasteiger partial charge in [0.1, 0.15) is 17.2 Å². The molecule has 0 heterocycles. The van der Waals surface area contributed by atoms with E-state index in [1.165, 1.54) is 0 Å². The summed E-state index contributed by atoms with van der Waals surface area (Å²) in [4.78, 5) is 11.7. The quantitative estimate of drug-likeness (QED) is 0.877. The fourth-order valence-electron chi connectivity index (χ4n) is 1.80. The van der Waals surface area contributed by atoms with Crippen LogP contribution in [0.4, 0.5) is 8.78 Å². The molecular weight excluding hydrogens is 294 g/mol. The Morgan fingerprint density at radius 3 is 2.35 bits per heavy atom. The van der Waals surface area contributed by atoms with E-state index in [-0.39, 0.29) is 16.6 Å². The molecule has 3 N–H and O–H groups in total. The number of nitrogens with two attached hydrogens (primary N) is 1. The van der Waals surface area contributed by atoms with Crippen molar-refractivity contribution in [3.8, 4) is 0 Å². The van der Waals surface area contributed by atoms with Gasteiger partial charge in [-0.25, -0.2) is 8.78 Å². The Morgan fingerprint density at radius 1 is 1.35 bits per heavy atom. The summed E-state index contributed by atoms with van der Waals surface area (Å²) in [6.07, 6.45) is 1.29. The van der Waals surface area contributed by atoms with Crippen molar-refractivity contribution in [2.24, 2.45) is 5.73 Å². The van der Waals surface area contributed by atoms with Gasteiger partial charge < -0.3 is 11.1 Å². The fraction of sp³-hybridized carbons (Fsp3) is 0.364. The topological polar surface area (TPSA) is 55.1 Å². The molecule has 6 heteroatoms. The van der Waals surface area contributed by atoms with Crippen LogP contribution in [0.2, 0.25) is 0 Å². The molecule has 0 unspecified atom stereocenters. The summed E-state index contributed by atoms with van der Waals surface area (Å²) in [5, 5.41) is 2.55. The van der Waals surface area contributed by atoms with E-state index in [1.807, 2.05) is 0 Å². The number of carbonyl (C=O) groups excluding carboxylic acids is 1. The van der Waals surface area contributed by atoms with Gasteiger partial charge in [0, 0.05) is 16.6 Å². The number of hydrogen-bond donors (Lipinski definition) is 2. The Morgan fingerprint density at radius 2 is 1.88 bits per heavy atom. The first-order valence-corrected chi connectivity index (χ1v) is 5.97. The molecule has 17 heavy (non-hydrogen) atoms. The van der Waals surface area contributed by atoms with Crippen LogP contribution in [0.15, 0.2) is 16.6 Å². The average molecular weight is 305 g/mol. The van der Waals surface area contributed by atoms with Crippen molar-refractivity contribution in [2.45, 2.75) is 24.9 Å². The predicted octanol–water partition coefficient (Wildman–Crippen LogP) is 1.95. The third kappa shape index (κ3) is 2.63. The van der Waals surface area contributed by atoms with Gasteiger partial charge in [-0.15, -0.1) is 0 Å². The van der Waals surface area contributed by atoms with E-state index in [2.05, 4.69) is 21.2 Å². The SMILES string of the molecule is NC1CC(NC(=O)c2c(F)cc(Br)cc2F)C1. The minimum absolute atomic E-state index is 0.0694. The zero-order chi connectivity index (χ0) is 12.6. The first kappa shape index (κ1) is 12.4. The van der Waals surface area contributed by atoms with E-state index in [0.29, 0.717) is 12.8 Å². The van der Waals surface area contributed by atoms with E-state index in [4.69, 9.17) is 5.73 Å². The summed E-state index contributed by atoms with van der Waals surface area (Å²) in [5.41, 5.74) is 5.01. The zero-order valence-corrected chi connectivity index (χ0v) is 10.4. The number of nitrogens with one attached hydrogen (secondary N) is 1. The van der Waals surface area contributed by atoms with Crippen LogP contribution in [0.25, 0.3) is 0 Å². The summed E-state index contributed by atoms with van der Waals surface area (Å²) >= 11 is 2.95. The molecule has 0 aliphatic heterocycles. The molecule has 0 atom stereocenters. The van der Waals surface area contributed by atoms with Crippen LogP contribution in [0.1, 0.15) is 23.2 Å². The lowest BCUT2D eigenvalue weighted by Gasteiger charge is -2.33. The molecule has 3 nitrogen and oxygen atoms in total. The lowest BCUT2D eigenvalue weighted by molar-refractivity contribution is 0.0901. The third-order valence-electron chi connectivity index (χ3n) is 2.74. The zero-order valence-electron chi connectivity index (χ0n) is 8.84. The molecule has 92 valence electrons. The van der Waals surface area contributed by atoms with Crippen molar-refractivity contribution >= 4 is 21.8 Å². The van der Waals surface area contributed by atoms with Crippen LogP contribution >= 0.6 is 15.9 Å². The van der Waals surface area contributed by atoms with E-state index < -0.39 is 23.1 Å². The van der Waals surface area contributed by atoms with Crippen LogP contribution in [-0.4, -0.2) is 18.0 Å². The second kappa shape index (κ2) is 4.70. The second-order valence-corrected chi connectivity index (χ2v) is 5.06. The van der Waals surface area contributed by atoms with Gasteiger partial charge in [0.05, 0.1) is 0 Å². The molecule has 1 aliphatic carbocycles. The average Bonchev–Trinajstić information content (AvgIpc) is 2.13. The Hall–Kier alpha value is -1.01. The van der Waals surface area contributed by atoms with Crippen molar-refractivity contribution in [1.82, 2.24) is 5.32 Å². The van der Waals surface area contributed by atoms with Gasteiger partial charge >= 0.3 is 0 Å². The van der Waals surface area contributed by atoms with E-state index in [9.17, 15) is 13.6 Å². The van der Waals surface area contributed by atoms with Crippen LogP contribution in [0, 0.1) is 11.6 Å². The van der Waals surface area contributed by atoms with E-state index in [0.717, 1.165) is 12.1 Å². The van der Waals surface area contributed by atoms with Gasteiger partial charge in [-0.1, -0.05) is 15.9 Å². The molecule has 1 aromatic rings. The van der Waals surface area contributed by atoms with Gasteiger partial charge in [0.25, 0.3) is 5.91 Å². The Labute approximate surface area is 106 Å². The smallest absolute Gasteiger partial charge is 0.257 e. The fourth-order valence-corrected chi connectivity index (χ4v) is 2.20. The van der Waals surface area contributed by atoms with Gasteiger partial charge in [-0.2, -0.15) is 0 Å². The summed E-state index contributed by atoms with van der Waals surface area (Å²) in [6, 6.07) is 2.11. The Bertz CT molecular complexity index is 438. The maximum Gasteiger partial charge on any atom is 0.257 e. The predicted molar refractivity (Wildman–Crippen MR) is 62.5 cm³/mol. The van der Waals surface area contributed by atoms with E-state index in [1.54, 1.807) is 0 Å². The van der Waals surface area contributed by atoms with Crippen LogP contribution in [0.3, 0.4) is 0 Å². The lowest BCUT2D eigenvalue weighted by Crippen LogP contribution is -2.50. The van der Waals surface area contributed by atoms with E-state index >= 15 is 0 Å². The standard InChI is InChI=1S/C11H11BrF2N2O/c12-5-1-8(13)10(9(14)2-5)11(17)16-7-3-6(15)4-7/h1-2,6-7H,3-4,15H2,(H,16,17). The Kier molecular flexibility index (Phi) is 3.44. The molecular formula is C11H11BrF2N2O. The molecule has 1 amide bonds. The number of amides is 1. The van der Waals surface area contributed by atoms with Crippen molar-refractivity contribution in [2.75, 3.05) is 0 Å². The first-order chi connectivity index (χ1) is 7.97.